The second-order valence-corrected chi connectivity index (χ2v) is 9.97. The Balaban J connectivity index is 1.33. The summed E-state index contributed by atoms with van der Waals surface area (Å²) in [5.74, 6) is -2.08. The van der Waals surface area contributed by atoms with E-state index in [9.17, 15) is 18.0 Å². The molecule has 3 heterocycles. The van der Waals surface area contributed by atoms with Gasteiger partial charge in [-0.15, -0.1) is 11.3 Å². The van der Waals surface area contributed by atoms with Gasteiger partial charge >= 0.3 is 12.1 Å². The van der Waals surface area contributed by atoms with E-state index in [2.05, 4.69) is 26.0 Å². The molecule has 0 bridgehead atoms. The molecule has 0 radical (unpaired) electrons. The lowest BCUT2D eigenvalue weighted by Gasteiger charge is -2.35. The number of ether oxygens (including phenoxy) is 1. The number of nitriles is 1. The lowest BCUT2D eigenvalue weighted by Crippen LogP contribution is -2.44. The molecule has 1 aliphatic heterocycles. The van der Waals surface area contributed by atoms with Crippen LogP contribution in [0.4, 0.5) is 13.2 Å². The molecule has 12 heteroatoms. The Morgan fingerprint density at radius 1 is 1.18 bits per heavy atom. The second kappa shape index (κ2) is 10.5. The number of benzene rings is 1. The van der Waals surface area contributed by atoms with Crippen molar-refractivity contribution in [1.29, 1.82) is 5.26 Å². The van der Waals surface area contributed by atoms with E-state index in [0.717, 1.165) is 28.3 Å². The van der Waals surface area contributed by atoms with E-state index in [1.807, 2.05) is 17.5 Å². The summed E-state index contributed by atoms with van der Waals surface area (Å²) in [6, 6.07) is 8.24. The predicted molar refractivity (Wildman–Crippen MR) is 132 cm³/mol. The Kier molecular flexibility index (Phi) is 7.14. The fraction of sp³-hybridized carbons (Fsp3) is 0.346. The molecule has 3 aromatic rings. The van der Waals surface area contributed by atoms with Crippen LogP contribution < -0.4 is 5.32 Å². The molecule has 0 spiro atoms. The highest BCUT2D eigenvalue weighted by molar-refractivity contribution is 7.10. The van der Waals surface area contributed by atoms with Crippen LogP contribution >= 0.6 is 11.3 Å². The average molecular weight is 542 g/mol. The minimum Gasteiger partial charge on any atom is -0.381 e. The van der Waals surface area contributed by atoms with Gasteiger partial charge in [0.25, 0.3) is 5.91 Å². The number of hydrogen-bond donors (Lipinski definition) is 1. The first-order valence-corrected chi connectivity index (χ1v) is 12.8. The predicted octanol–water partition coefficient (Wildman–Crippen LogP) is 5.32. The highest BCUT2D eigenvalue weighted by Gasteiger charge is 2.39. The topological polar surface area (TPSA) is 114 Å². The van der Waals surface area contributed by atoms with Crippen LogP contribution in [0.25, 0.3) is 17.0 Å². The number of thiazole rings is 1. The van der Waals surface area contributed by atoms with Crippen molar-refractivity contribution >= 4 is 22.8 Å². The number of hydrogen-bond acceptors (Lipinski definition) is 8. The highest BCUT2D eigenvalue weighted by Crippen LogP contribution is 2.38. The van der Waals surface area contributed by atoms with Crippen LogP contribution in [-0.2, 0) is 16.3 Å². The van der Waals surface area contributed by atoms with Crippen LogP contribution in [0, 0.1) is 11.3 Å². The van der Waals surface area contributed by atoms with Gasteiger partial charge in [-0.1, -0.05) is 23.4 Å². The summed E-state index contributed by atoms with van der Waals surface area (Å²) in [6.07, 6.45) is 1.81. The molecule has 1 amide bonds. The largest absolute Gasteiger partial charge is 0.471 e. The van der Waals surface area contributed by atoms with Gasteiger partial charge in [0, 0.05) is 47.3 Å². The summed E-state index contributed by atoms with van der Waals surface area (Å²) < 4.78 is 48.4. The zero-order valence-corrected chi connectivity index (χ0v) is 20.9. The maximum atomic E-state index is 13.1. The van der Waals surface area contributed by atoms with Crippen molar-refractivity contribution in [2.24, 2.45) is 0 Å². The van der Waals surface area contributed by atoms with Gasteiger partial charge in [0.1, 0.15) is 5.01 Å². The van der Waals surface area contributed by atoms with E-state index in [1.54, 1.807) is 23.5 Å². The summed E-state index contributed by atoms with van der Waals surface area (Å²) >= 11 is 1.54. The van der Waals surface area contributed by atoms with Crippen molar-refractivity contribution in [2.45, 2.75) is 37.3 Å². The Bertz CT molecular complexity index is 1440. The minimum atomic E-state index is -4.75. The second-order valence-electron chi connectivity index (χ2n) is 9.11. The standard InChI is InChI=1S/C26H22F3N5O3S/c27-26(28,29)23-33-21(34-37-23)18-2-1-3-19(12-18)22(35)31-15-25(8-10-36-11-9-25)24-32-20(14-38-24)17-6-4-16(13-30)5-7-17/h1-4,6,12,14H,5,7-11,15H2,(H,31,35). The molecule has 1 aromatic carbocycles. The van der Waals surface area contributed by atoms with Gasteiger partial charge in [0.15, 0.2) is 0 Å². The van der Waals surface area contributed by atoms with E-state index >= 15 is 0 Å². The van der Waals surface area contributed by atoms with Crippen molar-refractivity contribution in [3.63, 3.8) is 0 Å². The van der Waals surface area contributed by atoms with E-state index in [4.69, 9.17) is 15.0 Å². The number of halogens is 3. The van der Waals surface area contributed by atoms with Crippen LogP contribution in [0.15, 0.2) is 51.9 Å². The first-order valence-electron chi connectivity index (χ1n) is 11.9. The third-order valence-electron chi connectivity index (χ3n) is 6.67. The van der Waals surface area contributed by atoms with E-state index in [1.165, 1.54) is 12.1 Å². The van der Waals surface area contributed by atoms with Crippen molar-refractivity contribution in [1.82, 2.24) is 20.4 Å². The lowest BCUT2D eigenvalue weighted by atomic mass is 9.80. The first kappa shape index (κ1) is 25.8. The van der Waals surface area contributed by atoms with Gasteiger partial charge in [0.2, 0.25) is 5.82 Å². The molecule has 0 atom stereocenters. The molecule has 2 aromatic heterocycles. The van der Waals surface area contributed by atoms with Crippen molar-refractivity contribution in [3.8, 4) is 17.5 Å². The monoisotopic (exact) mass is 541 g/mol. The fourth-order valence-electron chi connectivity index (χ4n) is 4.44. The average Bonchev–Trinajstić information content (AvgIpc) is 3.64. The van der Waals surface area contributed by atoms with Crippen molar-refractivity contribution in [3.05, 3.63) is 69.5 Å². The number of nitrogens with zero attached hydrogens (tertiary/aromatic N) is 4. The number of carbonyl (C=O) groups is 1. The highest BCUT2D eigenvalue weighted by atomic mass is 32.1. The number of carbonyl (C=O) groups excluding carboxylic acids is 1. The third kappa shape index (κ3) is 5.39. The number of alkyl halides is 3. The van der Waals surface area contributed by atoms with Crippen LogP contribution in [-0.4, -0.2) is 40.8 Å². The quantitative estimate of drug-likeness (QED) is 0.449. The van der Waals surface area contributed by atoms with Crippen LogP contribution in [0.2, 0.25) is 0 Å². The molecule has 1 saturated heterocycles. The Morgan fingerprint density at radius 3 is 2.68 bits per heavy atom. The van der Waals surface area contributed by atoms with Gasteiger partial charge in [-0.25, -0.2) is 4.98 Å². The molecule has 196 valence electrons. The number of amides is 1. The van der Waals surface area contributed by atoms with Gasteiger partial charge in [-0.2, -0.15) is 23.4 Å². The summed E-state index contributed by atoms with van der Waals surface area (Å²) in [4.78, 5) is 21.4. The molecule has 1 fully saturated rings. The smallest absolute Gasteiger partial charge is 0.381 e. The summed E-state index contributed by atoms with van der Waals surface area (Å²) in [5, 5.41) is 18.4. The number of rotatable bonds is 6. The molecular formula is C26H22F3N5O3S. The number of aromatic nitrogens is 3. The zero-order chi connectivity index (χ0) is 26.8. The SMILES string of the molecule is N#CC1=CC=C(c2csc(C3(CNC(=O)c4cccc(-c5noc(C(F)(F)F)n5)c4)CCOCC3)n2)CC1. The van der Waals surface area contributed by atoms with Gasteiger partial charge in [0.05, 0.1) is 11.8 Å². The van der Waals surface area contributed by atoms with Crippen LogP contribution in [0.3, 0.4) is 0 Å². The summed E-state index contributed by atoms with van der Waals surface area (Å²) in [6.45, 7) is 1.40. The Hall–Kier alpha value is -3.82. The Labute approximate surface area is 219 Å². The van der Waals surface area contributed by atoms with Gasteiger partial charge < -0.3 is 14.6 Å². The lowest BCUT2D eigenvalue weighted by molar-refractivity contribution is -0.159. The molecule has 38 heavy (non-hydrogen) atoms. The molecule has 2 aliphatic rings. The van der Waals surface area contributed by atoms with Crippen molar-refractivity contribution in [2.75, 3.05) is 19.8 Å². The van der Waals surface area contributed by atoms with E-state index < -0.39 is 17.5 Å². The van der Waals surface area contributed by atoms with E-state index in [-0.39, 0.29) is 22.9 Å². The Morgan fingerprint density at radius 2 is 2.00 bits per heavy atom. The van der Waals surface area contributed by atoms with E-state index in [0.29, 0.717) is 39.0 Å². The van der Waals surface area contributed by atoms with Crippen LogP contribution in [0.1, 0.15) is 52.6 Å². The molecule has 0 unspecified atom stereocenters. The molecule has 0 saturated carbocycles. The number of allylic oxidation sites excluding steroid dienone is 4. The molecule has 1 aliphatic carbocycles. The molecule has 5 rings (SSSR count). The first-order chi connectivity index (χ1) is 18.3. The summed E-state index contributed by atoms with van der Waals surface area (Å²) in [5.41, 5.74) is 2.78. The molecular weight excluding hydrogens is 519 g/mol. The number of nitrogens with one attached hydrogen (secondary N) is 1. The molecule has 1 N–H and O–H groups in total. The minimum absolute atomic E-state index is 0.233. The van der Waals surface area contributed by atoms with Gasteiger partial charge in [-0.05, 0) is 49.5 Å². The van der Waals surface area contributed by atoms with Crippen molar-refractivity contribution < 1.29 is 27.2 Å². The maximum Gasteiger partial charge on any atom is 0.471 e. The van der Waals surface area contributed by atoms with Gasteiger partial charge in [-0.3, -0.25) is 4.79 Å². The zero-order valence-electron chi connectivity index (χ0n) is 20.0. The summed E-state index contributed by atoms with van der Waals surface area (Å²) in [7, 11) is 0. The maximum absolute atomic E-state index is 13.1. The molecule has 8 nitrogen and oxygen atoms in total. The third-order valence-corrected chi connectivity index (χ3v) is 7.76. The normalized spacial score (nSPS) is 17.3. The van der Waals surface area contributed by atoms with Crippen LogP contribution in [0.5, 0.6) is 0 Å². The fourth-order valence-corrected chi connectivity index (χ4v) is 5.55.